The molecule has 15 heavy (non-hydrogen) atoms. The fourth-order valence-corrected chi connectivity index (χ4v) is 2.44. The largest absolute Gasteiger partial charge is 0.315 e. The highest BCUT2D eigenvalue weighted by molar-refractivity contribution is 7.11. The number of aromatic nitrogens is 1. The molecule has 0 saturated carbocycles. The van der Waals surface area contributed by atoms with E-state index in [-0.39, 0.29) is 0 Å². The predicted molar refractivity (Wildman–Crippen MR) is 66.4 cm³/mol. The van der Waals surface area contributed by atoms with E-state index in [9.17, 15) is 0 Å². The second-order valence-electron chi connectivity index (χ2n) is 3.53. The van der Waals surface area contributed by atoms with Crippen LogP contribution in [0.2, 0.25) is 0 Å². The van der Waals surface area contributed by atoms with Crippen molar-refractivity contribution in [3.63, 3.8) is 0 Å². The van der Waals surface area contributed by atoms with Gasteiger partial charge in [-0.3, -0.25) is 0 Å². The number of thiazole rings is 1. The Hall–Kier alpha value is -0.450. The van der Waals surface area contributed by atoms with Crippen LogP contribution in [0.25, 0.3) is 0 Å². The van der Waals surface area contributed by atoms with Crippen molar-refractivity contribution in [3.8, 4) is 0 Å². The van der Waals surface area contributed by atoms with Crippen LogP contribution in [0.1, 0.15) is 23.7 Å². The summed E-state index contributed by atoms with van der Waals surface area (Å²) in [5.74, 6) is 0. The zero-order chi connectivity index (χ0) is 11.1. The molecule has 1 rings (SSSR count). The van der Waals surface area contributed by atoms with Crippen molar-refractivity contribution in [1.82, 2.24) is 15.2 Å². The first-order valence-corrected chi connectivity index (χ1v) is 6.42. The van der Waals surface area contributed by atoms with Gasteiger partial charge >= 0.3 is 0 Å². The predicted octanol–water partition coefficient (Wildman–Crippen LogP) is 1.75. The number of hydrogen-bond acceptors (Lipinski definition) is 4. The molecule has 0 radical (unpaired) electrons. The molecule has 0 aliphatic rings. The molecule has 1 aromatic heterocycles. The Balaban J connectivity index is 2.36. The van der Waals surface area contributed by atoms with Crippen LogP contribution in [-0.4, -0.2) is 36.6 Å². The van der Waals surface area contributed by atoms with Crippen LogP contribution in [-0.2, 0) is 13.0 Å². The second kappa shape index (κ2) is 6.93. The maximum atomic E-state index is 4.43. The fraction of sp³-hybridized carbons (Fsp3) is 0.727. The summed E-state index contributed by atoms with van der Waals surface area (Å²) in [5.41, 5.74) is 0. The lowest BCUT2D eigenvalue weighted by Crippen LogP contribution is -2.25. The number of likely N-dealkylation sites (N-methyl/N-ethyl adjacent to an activating group) is 1. The number of rotatable bonds is 7. The average molecular weight is 227 g/mol. The molecule has 0 aromatic carbocycles. The van der Waals surface area contributed by atoms with Crippen LogP contribution in [0.5, 0.6) is 0 Å². The van der Waals surface area contributed by atoms with Crippen LogP contribution >= 0.6 is 11.3 Å². The van der Waals surface area contributed by atoms with Crippen LogP contribution in [0.4, 0.5) is 0 Å². The quantitative estimate of drug-likeness (QED) is 0.769. The molecule has 0 bridgehead atoms. The van der Waals surface area contributed by atoms with Gasteiger partial charge in [0.15, 0.2) is 0 Å². The van der Waals surface area contributed by atoms with Crippen molar-refractivity contribution in [3.05, 3.63) is 16.1 Å². The van der Waals surface area contributed by atoms with E-state index in [1.54, 1.807) is 0 Å². The van der Waals surface area contributed by atoms with Crippen molar-refractivity contribution in [1.29, 1.82) is 0 Å². The van der Waals surface area contributed by atoms with Gasteiger partial charge < -0.3 is 10.2 Å². The van der Waals surface area contributed by atoms with Gasteiger partial charge in [0.25, 0.3) is 0 Å². The van der Waals surface area contributed by atoms with Gasteiger partial charge in [-0.15, -0.1) is 11.3 Å². The smallest absolute Gasteiger partial charge is 0.0940 e. The first-order chi connectivity index (χ1) is 7.30. The van der Waals surface area contributed by atoms with Gasteiger partial charge in [0.2, 0.25) is 0 Å². The van der Waals surface area contributed by atoms with E-state index in [2.05, 4.69) is 29.0 Å². The average Bonchev–Trinajstić information content (AvgIpc) is 2.68. The third kappa shape index (κ3) is 4.28. The van der Waals surface area contributed by atoms with E-state index in [1.807, 2.05) is 24.6 Å². The first kappa shape index (κ1) is 12.6. The van der Waals surface area contributed by atoms with Crippen LogP contribution in [0.15, 0.2) is 6.20 Å². The molecule has 0 spiro atoms. The molecule has 0 atom stereocenters. The molecular formula is C11H21N3S. The highest BCUT2D eigenvalue weighted by Crippen LogP contribution is 2.13. The molecule has 0 fully saturated rings. The minimum atomic E-state index is 0.933. The standard InChI is InChI=1S/C11H21N3S/c1-4-14(5-2)7-6-11-13-9-10(15-11)8-12-3/h9,12H,4-8H2,1-3H3. The second-order valence-corrected chi connectivity index (χ2v) is 4.73. The van der Waals surface area contributed by atoms with Crippen LogP contribution in [0, 0.1) is 0 Å². The van der Waals surface area contributed by atoms with E-state index in [4.69, 9.17) is 0 Å². The third-order valence-corrected chi connectivity index (χ3v) is 3.55. The van der Waals surface area contributed by atoms with Crippen molar-refractivity contribution in [2.24, 2.45) is 0 Å². The Bertz CT molecular complexity index is 269. The normalized spacial score (nSPS) is 11.2. The molecular weight excluding hydrogens is 206 g/mol. The van der Waals surface area contributed by atoms with Gasteiger partial charge in [0, 0.05) is 30.6 Å². The molecule has 0 aliphatic carbocycles. The van der Waals surface area contributed by atoms with E-state index >= 15 is 0 Å². The molecule has 4 heteroatoms. The molecule has 0 saturated heterocycles. The van der Waals surface area contributed by atoms with Crippen molar-refractivity contribution in [2.75, 3.05) is 26.7 Å². The summed E-state index contributed by atoms with van der Waals surface area (Å²) in [6.07, 6.45) is 3.06. The Morgan fingerprint density at radius 1 is 1.40 bits per heavy atom. The Morgan fingerprint density at radius 3 is 2.73 bits per heavy atom. The molecule has 1 N–H and O–H groups in total. The number of nitrogens with one attached hydrogen (secondary N) is 1. The van der Waals surface area contributed by atoms with Crippen molar-refractivity contribution < 1.29 is 0 Å². The van der Waals surface area contributed by atoms with Crippen molar-refractivity contribution in [2.45, 2.75) is 26.8 Å². The molecule has 3 nitrogen and oxygen atoms in total. The molecule has 0 amide bonds. The SMILES string of the molecule is CCN(CC)CCc1ncc(CNC)s1. The maximum absolute atomic E-state index is 4.43. The monoisotopic (exact) mass is 227 g/mol. The highest BCUT2D eigenvalue weighted by atomic mass is 32.1. The Kier molecular flexibility index (Phi) is 5.83. The third-order valence-electron chi connectivity index (χ3n) is 2.49. The lowest BCUT2D eigenvalue weighted by Gasteiger charge is -2.16. The van der Waals surface area contributed by atoms with E-state index < -0.39 is 0 Å². The zero-order valence-electron chi connectivity index (χ0n) is 9.92. The summed E-state index contributed by atoms with van der Waals surface area (Å²) in [6, 6.07) is 0. The summed E-state index contributed by atoms with van der Waals surface area (Å²) >= 11 is 1.82. The van der Waals surface area contributed by atoms with Gasteiger partial charge in [-0.2, -0.15) is 0 Å². The lowest BCUT2D eigenvalue weighted by atomic mass is 10.4. The molecule has 86 valence electrons. The molecule has 1 aromatic rings. The highest BCUT2D eigenvalue weighted by Gasteiger charge is 2.04. The lowest BCUT2D eigenvalue weighted by molar-refractivity contribution is 0.308. The summed E-state index contributed by atoms with van der Waals surface area (Å²) in [5, 5.41) is 4.40. The minimum Gasteiger partial charge on any atom is -0.315 e. The Labute approximate surface area is 96.5 Å². The van der Waals surface area contributed by atoms with E-state index in [0.717, 1.165) is 32.6 Å². The number of hydrogen-bond donors (Lipinski definition) is 1. The molecule has 0 aliphatic heterocycles. The van der Waals surface area contributed by atoms with Gasteiger partial charge in [-0.1, -0.05) is 13.8 Å². The molecule has 0 unspecified atom stereocenters. The Morgan fingerprint density at radius 2 is 2.13 bits per heavy atom. The van der Waals surface area contributed by atoms with Gasteiger partial charge in [-0.05, 0) is 20.1 Å². The zero-order valence-corrected chi connectivity index (χ0v) is 10.7. The first-order valence-electron chi connectivity index (χ1n) is 5.60. The van der Waals surface area contributed by atoms with E-state index in [1.165, 1.54) is 9.88 Å². The van der Waals surface area contributed by atoms with Gasteiger partial charge in [0.05, 0.1) is 5.01 Å². The summed E-state index contributed by atoms with van der Waals surface area (Å²) in [7, 11) is 1.97. The maximum Gasteiger partial charge on any atom is 0.0940 e. The topological polar surface area (TPSA) is 28.2 Å². The van der Waals surface area contributed by atoms with Crippen LogP contribution < -0.4 is 5.32 Å². The van der Waals surface area contributed by atoms with Crippen molar-refractivity contribution >= 4 is 11.3 Å². The van der Waals surface area contributed by atoms with Crippen LogP contribution in [0.3, 0.4) is 0 Å². The summed E-state index contributed by atoms with van der Waals surface area (Å²) in [6.45, 7) is 8.73. The number of nitrogens with zero attached hydrogens (tertiary/aromatic N) is 2. The van der Waals surface area contributed by atoms with Gasteiger partial charge in [-0.25, -0.2) is 4.98 Å². The summed E-state index contributed by atoms with van der Waals surface area (Å²) in [4.78, 5) is 8.18. The summed E-state index contributed by atoms with van der Waals surface area (Å²) < 4.78 is 0. The van der Waals surface area contributed by atoms with E-state index in [0.29, 0.717) is 0 Å². The fourth-order valence-electron chi connectivity index (χ4n) is 1.51. The molecule has 1 heterocycles. The van der Waals surface area contributed by atoms with Gasteiger partial charge in [0.1, 0.15) is 0 Å². The minimum absolute atomic E-state index is 0.933.